The first-order chi connectivity index (χ1) is 16.8. The van der Waals surface area contributed by atoms with E-state index >= 15 is 0 Å². The Bertz CT molecular complexity index is 849. The van der Waals surface area contributed by atoms with E-state index in [4.69, 9.17) is 9.47 Å². The standard InChI is InChI=1S/C31H48NO3/c1-6-8-9-10-11-12-16-21-29-22-17-18-23-30(29)34-26(3)35-31(33)28(7-2)25-32(4,5)24-27-19-14-13-15-20-27/h13-15,17-20,22-23,26,28H,6-12,16,21,24-25H2,1-5H3/q+1. The fraction of sp³-hybridized carbons (Fsp3) is 0.581. The molecule has 0 bridgehead atoms. The van der Waals surface area contributed by atoms with Gasteiger partial charge in [0.15, 0.2) is 0 Å². The van der Waals surface area contributed by atoms with Crippen LogP contribution in [0.3, 0.4) is 0 Å². The number of nitrogens with zero attached hydrogens (tertiary/aromatic N) is 1. The molecule has 0 aliphatic carbocycles. The lowest BCUT2D eigenvalue weighted by molar-refractivity contribution is -0.906. The number of benzene rings is 2. The van der Waals surface area contributed by atoms with Gasteiger partial charge in [0.2, 0.25) is 6.29 Å². The van der Waals surface area contributed by atoms with Crippen molar-refractivity contribution in [3.05, 3.63) is 65.7 Å². The third-order valence-electron chi connectivity index (χ3n) is 6.59. The van der Waals surface area contributed by atoms with Gasteiger partial charge in [0.1, 0.15) is 18.2 Å². The summed E-state index contributed by atoms with van der Waals surface area (Å²) in [5, 5.41) is 0. The van der Waals surface area contributed by atoms with Crippen LogP contribution in [0.4, 0.5) is 0 Å². The summed E-state index contributed by atoms with van der Waals surface area (Å²) >= 11 is 0. The Morgan fingerprint density at radius 1 is 0.857 bits per heavy atom. The fourth-order valence-electron chi connectivity index (χ4n) is 4.67. The number of ether oxygens (including phenoxy) is 2. The van der Waals surface area contributed by atoms with Crippen molar-refractivity contribution in [2.45, 2.75) is 91.4 Å². The molecule has 0 aromatic heterocycles. The Kier molecular flexibility index (Phi) is 12.9. The first-order valence-corrected chi connectivity index (χ1v) is 13.7. The summed E-state index contributed by atoms with van der Waals surface area (Å²) in [6.45, 7) is 7.73. The van der Waals surface area contributed by atoms with Crippen molar-refractivity contribution < 1.29 is 18.8 Å². The van der Waals surface area contributed by atoms with E-state index in [1.165, 1.54) is 49.7 Å². The molecule has 4 nitrogen and oxygen atoms in total. The van der Waals surface area contributed by atoms with Gasteiger partial charge in [0.05, 0.1) is 20.6 Å². The average molecular weight is 483 g/mol. The molecule has 35 heavy (non-hydrogen) atoms. The quantitative estimate of drug-likeness (QED) is 0.101. The maximum Gasteiger partial charge on any atom is 0.317 e. The number of quaternary nitrogens is 1. The molecule has 2 aromatic rings. The summed E-state index contributed by atoms with van der Waals surface area (Å²) in [7, 11) is 4.34. The Hall–Kier alpha value is -2.33. The molecule has 0 fully saturated rings. The fourth-order valence-corrected chi connectivity index (χ4v) is 4.67. The number of hydrogen-bond acceptors (Lipinski definition) is 3. The van der Waals surface area contributed by atoms with Crippen LogP contribution >= 0.6 is 0 Å². The molecule has 0 aliphatic heterocycles. The highest BCUT2D eigenvalue weighted by Crippen LogP contribution is 2.23. The van der Waals surface area contributed by atoms with Gasteiger partial charge in [0, 0.05) is 12.5 Å². The van der Waals surface area contributed by atoms with Crippen LogP contribution < -0.4 is 4.74 Å². The molecule has 0 saturated carbocycles. The van der Waals surface area contributed by atoms with Crippen LogP contribution in [-0.4, -0.2) is 37.4 Å². The normalized spacial score (nSPS) is 13.3. The third kappa shape index (κ3) is 11.3. The molecular formula is C31H48NO3+. The molecule has 0 spiro atoms. The predicted octanol–water partition coefficient (Wildman–Crippen LogP) is 7.55. The number of hydrogen-bond donors (Lipinski definition) is 0. The van der Waals surface area contributed by atoms with Gasteiger partial charge in [-0.1, -0.05) is 101 Å². The van der Waals surface area contributed by atoms with Crippen molar-refractivity contribution in [3.8, 4) is 5.75 Å². The van der Waals surface area contributed by atoms with Gasteiger partial charge in [0.25, 0.3) is 0 Å². The van der Waals surface area contributed by atoms with Crippen LogP contribution in [0.1, 0.15) is 83.3 Å². The molecular weight excluding hydrogens is 434 g/mol. The highest BCUT2D eigenvalue weighted by molar-refractivity contribution is 5.72. The zero-order chi connectivity index (χ0) is 25.5. The van der Waals surface area contributed by atoms with Crippen LogP contribution in [0.2, 0.25) is 0 Å². The minimum absolute atomic E-state index is 0.164. The van der Waals surface area contributed by atoms with Crippen LogP contribution in [0.25, 0.3) is 0 Å². The smallest absolute Gasteiger partial charge is 0.317 e. The zero-order valence-electron chi connectivity index (χ0n) is 22.8. The van der Waals surface area contributed by atoms with E-state index < -0.39 is 6.29 Å². The second kappa shape index (κ2) is 15.6. The van der Waals surface area contributed by atoms with E-state index in [0.717, 1.165) is 42.6 Å². The molecule has 4 heteroatoms. The van der Waals surface area contributed by atoms with E-state index in [-0.39, 0.29) is 11.9 Å². The second-order valence-electron chi connectivity index (χ2n) is 10.5. The zero-order valence-corrected chi connectivity index (χ0v) is 22.8. The largest absolute Gasteiger partial charge is 0.455 e. The highest BCUT2D eigenvalue weighted by atomic mass is 16.7. The van der Waals surface area contributed by atoms with Gasteiger partial charge < -0.3 is 14.0 Å². The summed E-state index contributed by atoms with van der Waals surface area (Å²) in [5.41, 5.74) is 2.46. The molecule has 0 radical (unpaired) electrons. The Morgan fingerprint density at radius 2 is 1.49 bits per heavy atom. The lowest BCUT2D eigenvalue weighted by Gasteiger charge is -2.33. The Labute approximate surface area is 214 Å². The second-order valence-corrected chi connectivity index (χ2v) is 10.5. The molecule has 2 aromatic carbocycles. The summed E-state index contributed by atoms with van der Waals surface area (Å²) in [6, 6.07) is 18.6. The van der Waals surface area contributed by atoms with E-state index in [0.29, 0.717) is 0 Å². The maximum absolute atomic E-state index is 13.0. The minimum atomic E-state index is -0.614. The molecule has 0 heterocycles. The highest BCUT2D eigenvalue weighted by Gasteiger charge is 2.29. The number of unbranched alkanes of at least 4 members (excludes halogenated alkanes) is 6. The first-order valence-electron chi connectivity index (χ1n) is 13.7. The Balaban J connectivity index is 1.84. The third-order valence-corrected chi connectivity index (χ3v) is 6.59. The topological polar surface area (TPSA) is 35.5 Å². The number of carbonyl (C=O) groups is 1. The minimum Gasteiger partial charge on any atom is -0.455 e. The number of carbonyl (C=O) groups excluding carboxylic acids is 1. The van der Waals surface area contributed by atoms with Crippen molar-refractivity contribution in [1.29, 1.82) is 0 Å². The van der Waals surface area contributed by atoms with E-state index in [1.54, 1.807) is 0 Å². The van der Waals surface area contributed by atoms with Crippen LogP contribution in [-0.2, 0) is 22.5 Å². The molecule has 0 aliphatic rings. The lowest BCUT2D eigenvalue weighted by atomic mass is 10.0. The van der Waals surface area contributed by atoms with Crippen molar-refractivity contribution in [1.82, 2.24) is 0 Å². The summed E-state index contributed by atoms with van der Waals surface area (Å²) < 4.78 is 12.6. The molecule has 2 atom stereocenters. The predicted molar refractivity (Wildman–Crippen MR) is 145 cm³/mol. The number of para-hydroxylation sites is 1. The van der Waals surface area contributed by atoms with Gasteiger partial charge >= 0.3 is 5.97 Å². The van der Waals surface area contributed by atoms with E-state index in [9.17, 15) is 4.79 Å². The number of esters is 1. The van der Waals surface area contributed by atoms with E-state index in [1.807, 2.05) is 25.1 Å². The maximum atomic E-state index is 13.0. The van der Waals surface area contributed by atoms with Crippen molar-refractivity contribution >= 4 is 5.97 Å². The van der Waals surface area contributed by atoms with Gasteiger partial charge in [-0.2, -0.15) is 0 Å². The Morgan fingerprint density at radius 3 is 2.17 bits per heavy atom. The van der Waals surface area contributed by atoms with Crippen LogP contribution in [0.15, 0.2) is 54.6 Å². The summed E-state index contributed by atoms with van der Waals surface area (Å²) in [6.07, 6.45) is 10.1. The van der Waals surface area contributed by atoms with Gasteiger partial charge in [-0.3, -0.25) is 4.79 Å². The van der Waals surface area contributed by atoms with Gasteiger partial charge in [-0.05, 0) is 30.9 Å². The molecule has 194 valence electrons. The van der Waals surface area contributed by atoms with Crippen LogP contribution in [0.5, 0.6) is 5.75 Å². The number of aryl methyl sites for hydroxylation is 1. The molecule has 0 amide bonds. The molecule has 2 unspecified atom stereocenters. The van der Waals surface area contributed by atoms with E-state index in [2.05, 4.69) is 64.3 Å². The monoisotopic (exact) mass is 482 g/mol. The SMILES string of the molecule is CCCCCCCCCc1ccccc1OC(C)OC(=O)C(CC)C[N+](C)(C)Cc1ccccc1. The summed E-state index contributed by atoms with van der Waals surface area (Å²) in [5.74, 6) is 0.485. The van der Waals surface area contributed by atoms with Crippen molar-refractivity contribution in [3.63, 3.8) is 0 Å². The first kappa shape index (κ1) is 28.9. The number of rotatable bonds is 17. The average Bonchev–Trinajstić information content (AvgIpc) is 2.83. The van der Waals surface area contributed by atoms with Gasteiger partial charge in [-0.25, -0.2) is 0 Å². The summed E-state index contributed by atoms with van der Waals surface area (Å²) in [4.78, 5) is 13.0. The molecule has 0 saturated heterocycles. The van der Waals surface area contributed by atoms with Crippen molar-refractivity contribution in [2.75, 3.05) is 20.6 Å². The van der Waals surface area contributed by atoms with Gasteiger partial charge in [-0.15, -0.1) is 0 Å². The van der Waals surface area contributed by atoms with Crippen molar-refractivity contribution in [2.24, 2.45) is 5.92 Å². The lowest BCUT2D eigenvalue weighted by Crippen LogP contribution is -2.45. The van der Waals surface area contributed by atoms with Crippen LogP contribution in [0, 0.1) is 5.92 Å². The molecule has 2 rings (SSSR count). The molecule has 0 N–H and O–H groups in total.